The molecule has 0 fully saturated rings. The maximum atomic E-state index is 14.2. The molecule has 0 amide bonds. The van der Waals surface area contributed by atoms with E-state index in [0.29, 0.717) is 27.9 Å². The molecule has 1 heterocycles. The predicted molar refractivity (Wildman–Crippen MR) is 189 cm³/mol. The Balaban J connectivity index is 2.00. The molecule has 0 bridgehead atoms. The molecule has 2 aromatic carbocycles. The third kappa shape index (κ3) is 11.1. The average molecular weight is 721 g/mol. The van der Waals surface area contributed by atoms with Gasteiger partial charge < -0.3 is 14.7 Å². The van der Waals surface area contributed by atoms with Crippen molar-refractivity contribution in [3.63, 3.8) is 0 Å². The normalized spacial score (nSPS) is 12.8. The van der Waals surface area contributed by atoms with E-state index in [1.165, 1.54) is 0 Å². The number of nitrogens with zero attached hydrogens (tertiary/aromatic N) is 3. The SMILES string of the molecule is Cc1cc(CN(CC(=O)OC(C)(C)C)CC(F)(F)F)ccc1Cc1c(C)nc(N)nc1OS(=O)(=O)c1c(C(C)C)cc(C(C)C)cc1C(C)C. The van der Waals surface area contributed by atoms with E-state index in [1.54, 1.807) is 52.8 Å². The summed E-state index contributed by atoms with van der Waals surface area (Å²) in [4.78, 5) is 22.0. The van der Waals surface area contributed by atoms with Crippen molar-refractivity contribution in [3.8, 4) is 5.88 Å². The number of aromatic nitrogens is 2. The first-order valence-electron chi connectivity index (χ1n) is 16.7. The number of aryl methyl sites for hydroxylation is 2. The van der Waals surface area contributed by atoms with E-state index >= 15 is 0 Å². The van der Waals surface area contributed by atoms with Crippen molar-refractivity contribution in [3.05, 3.63) is 75.0 Å². The first kappa shape index (κ1) is 40.7. The second-order valence-electron chi connectivity index (χ2n) is 14.8. The monoisotopic (exact) mass is 720 g/mol. The minimum Gasteiger partial charge on any atom is -0.459 e. The number of carbonyl (C=O) groups is 1. The summed E-state index contributed by atoms with van der Waals surface area (Å²) in [5.74, 6) is -1.15. The quantitative estimate of drug-likeness (QED) is 0.138. The lowest BCUT2D eigenvalue weighted by Crippen LogP contribution is -2.39. The fourth-order valence-electron chi connectivity index (χ4n) is 5.67. The summed E-state index contributed by atoms with van der Waals surface area (Å²) in [6, 6.07) is 9.00. The number of rotatable bonds is 13. The van der Waals surface area contributed by atoms with Crippen LogP contribution in [-0.2, 0) is 32.6 Å². The van der Waals surface area contributed by atoms with Gasteiger partial charge in [0, 0.05) is 18.5 Å². The second-order valence-corrected chi connectivity index (χ2v) is 16.2. The van der Waals surface area contributed by atoms with E-state index in [-0.39, 0.29) is 47.4 Å². The van der Waals surface area contributed by atoms with Crippen molar-refractivity contribution in [1.29, 1.82) is 0 Å². The molecule has 3 rings (SSSR count). The smallest absolute Gasteiger partial charge is 0.401 e. The summed E-state index contributed by atoms with van der Waals surface area (Å²) in [5, 5.41) is 0. The Morgan fingerprint density at radius 3 is 1.98 bits per heavy atom. The van der Waals surface area contributed by atoms with Crippen LogP contribution in [0.4, 0.5) is 19.1 Å². The minimum absolute atomic E-state index is 0.114. The Morgan fingerprint density at radius 2 is 1.50 bits per heavy atom. The maximum absolute atomic E-state index is 14.2. The highest BCUT2D eigenvalue weighted by Gasteiger charge is 2.33. The molecule has 2 N–H and O–H groups in total. The Morgan fingerprint density at radius 1 is 0.920 bits per heavy atom. The lowest BCUT2D eigenvalue weighted by molar-refractivity contribution is -0.164. The topological polar surface area (TPSA) is 125 Å². The molecule has 276 valence electrons. The van der Waals surface area contributed by atoms with Crippen LogP contribution in [0.2, 0.25) is 0 Å². The van der Waals surface area contributed by atoms with Crippen LogP contribution in [0.15, 0.2) is 35.2 Å². The largest absolute Gasteiger partial charge is 0.459 e. The molecule has 50 heavy (non-hydrogen) atoms. The Labute approximate surface area is 294 Å². The minimum atomic E-state index is -4.53. The van der Waals surface area contributed by atoms with E-state index in [4.69, 9.17) is 14.7 Å². The van der Waals surface area contributed by atoms with Crippen LogP contribution < -0.4 is 9.92 Å². The van der Waals surface area contributed by atoms with Gasteiger partial charge in [0.25, 0.3) is 0 Å². The zero-order chi connectivity index (χ0) is 37.9. The summed E-state index contributed by atoms with van der Waals surface area (Å²) in [7, 11) is -4.40. The number of nitrogen functional groups attached to an aromatic ring is 1. The number of hydrogen-bond acceptors (Lipinski definition) is 9. The van der Waals surface area contributed by atoms with Gasteiger partial charge in [-0.15, -0.1) is 0 Å². The number of benzene rings is 2. The average Bonchev–Trinajstić information content (AvgIpc) is 2.92. The molecule has 0 atom stereocenters. The van der Waals surface area contributed by atoms with Gasteiger partial charge in [0.05, 0.1) is 18.8 Å². The molecule has 9 nitrogen and oxygen atoms in total. The van der Waals surface area contributed by atoms with Crippen molar-refractivity contribution >= 4 is 22.0 Å². The summed E-state index contributed by atoms with van der Waals surface area (Å²) >= 11 is 0. The molecule has 0 aliphatic heterocycles. The highest BCUT2D eigenvalue weighted by Crippen LogP contribution is 2.37. The molecule has 0 saturated carbocycles. The Bertz CT molecular complexity index is 1770. The number of alkyl halides is 3. The molecular formula is C37H51F3N4O5S. The summed E-state index contributed by atoms with van der Waals surface area (Å²) in [6.45, 7) is 18.3. The van der Waals surface area contributed by atoms with Crippen LogP contribution in [0.1, 0.15) is 125 Å². The molecule has 0 radical (unpaired) electrons. The van der Waals surface area contributed by atoms with Gasteiger partial charge in [0.15, 0.2) is 0 Å². The number of nitrogens with two attached hydrogens (primary N) is 1. The van der Waals surface area contributed by atoms with Gasteiger partial charge in [-0.1, -0.05) is 71.9 Å². The molecule has 0 aliphatic carbocycles. The molecule has 1 aromatic heterocycles. The van der Waals surface area contributed by atoms with Gasteiger partial charge in [-0.2, -0.15) is 26.6 Å². The molecule has 0 spiro atoms. The van der Waals surface area contributed by atoms with Crippen molar-refractivity contribution in [2.24, 2.45) is 0 Å². The van der Waals surface area contributed by atoms with Crippen molar-refractivity contribution in [2.75, 3.05) is 18.8 Å². The predicted octanol–water partition coefficient (Wildman–Crippen LogP) is 8.11. The van der Waals surface area contributed by atoms with Crippen LogP contribution in [0, 0.1) is 13.8 Å². The third-order valence-electron chi connectivity index (χ3n) is 8.07. The molecule has 3 aromatic rings. The molecule has 0 aliphatic rings. The van der Waals surface area contributed by atoms with Crippen LogP contribution >= 0.6 is 0 Å². The summed E-state index contributed by atoms with van der Waals surface area (Å²) in [6.07, 6.45) is -4.36. The van der Waals surface area contributed by atoms with E-state index in [1.807, 2.05) is 39.8 Å². The first-order chi connectivity index (χ1) is 22.9. The fraction of sp³-hybridized carbons (Fsp3) is 0.541. The van der Waals surface area contributed by atoms with E-state index < -0.39 is 41.0 Å². The van der Waals surface area contributed by atoms with Gasteiger partial charge in [-0.3, -0.25) is 9.69 Å². The van der Waals surface area contributed by atoms with Crippen LogP contribution in [0.5, 0.6) is 5.88 Å². The lowest BCUT2D eigenvalue weighted by atomic mass is 9.89. The van der Waals surface area contributed by atoms with Crippen molar-refractivity contribution in [2.45, 2.75) is 124 Å². The van der Waals surface area contributed by atoms with Gasteiger partial charge in [0.1, 0.15) is 10.5 Å². The fourth-order valence-corrected chi connectivity index (χ4v) is 7.26. The van der Waals surface area contributed by atoms with Gasteiger partial charge in [-0.25, -0.2) is 4.98 Å². The summed E-state index contributed by atoms with van der Waals surface area (Å²) in [5.41, 5.74) is 10.3. The van der Waals surface area contributed by atoms with Crippen molar-refractivity contribution < 1.29 is 35.3 Å². The highest BCUT2D eigenvalue weighted by atomic mass is 32.2. The maximum Gasteiger partial charge on any atom is 0.401 e. The molecule has 13 heteroatoms. The number of esters is 1. The first-order valence-corrected chi connectivity index (χ1v) is 18.1. The molecular weight excluding hydrogens is 669 g/mol. The zero-order valence-electron chi connectivity index (χ0n) is 30.9. The van der Waals surface area contributed by atoms with Gasteiger partial charge >= 0.3 is 22.3 Å². The van der Waals surface area contributed by atoms with Crippen molar-refractivity contribution in [1.82, 2.24) is 14.9 Å². The van der Waals surface area contributed by atoms with Crippen LogP contribution in [0.3, 0.4) is 0 Å². The number of halogens is 3. The molecule has 0 unspecified atom stereocenters. The Hall–Kier alpha value is -3.71. The summed E-state index contributed by atoms with van der Waals surface area (Å²) < 4.78 is 79.7. The third-order valence-corrected chi connectivity index (χ3v) is 9.42. The van der Waals surface area contributed by atoms with E-state index in [0.717, 1.165) is 21.6 Å². The number of anilines is 1. The highest BCUT2D eigenvalue weighted by molar-refractivity contribution is 7.87. The zero-order valence-corrected chi connectivity index (χ0v) is 31.8. The number of hydrogen-bond donors (Lipinski definition) is 1. The molecule has 0 saturated heterocycles. The Kier molecular flexibility index (Phi) is 12.8. The number of ether oxygens (including phenoxy) is 1. The standard InChI is InChI=1S/C37H51F3N4O5S/c1-21(2)28-16-29(22(3)4)33(30(17-28)23(5)6)50(46,47)49-34-31(25(8)42-35(41)43-34)15-27-13-12-26(14-24(27)7)18-44(20-37(38,39)40)19-32(45)48-36(9,10)11/h12-14,16-17,21-23H,15,18-20H2,1-11H3,(H2,41,42,43). The van der Waals surface area contributed by atoms with E-state index in [2.05, 4.69) is 23.8 Å². The van der Waals surface area contributed by atoms with Crippen LogP contribution in [-0.4, -0.2) is 54.1 Å². The number of carbonyl (C=O) groups excluding carboxylic acids is 1. The lowest BCUT2D eigenvalue weighted by Gasteiger charge is -2.26. The van der Waals surface area contributed by atoms with Gasteiger partial charge in [0.2, 0.25) is 11.8 Å². The van der Waals surface area contributed by atoms with E-state index in [9.17, 15) is 26.4 Å². The van der Waals surface area contributed by atoms with Gasteiger partial charge in [-0.05, 0) is 85.8 Å². The second kappa shape index (κ2) is 15.7. The van der Waals surface area contributed by atoms with Crippen LogP contribution in [0.25, 0.3) is 0 Å².